The molecule has 1 aliphatic rings. The number of nitrogens with one attached hydrogen (secondary N) is 1. The van der Waals surface area contributed by atoms with Crippen LogP contribution in [0.5, 0.6) is 0 Å². The molecule has 116 valence electrons. The van der Waals surface area contributed by atoms with Crippen molar-refractivity contribution < 1.29 is 19.8 Å². The lowest BCUT2D eigenvalue weighted by Gasteiger charge is -2.34. The number of rotatable bonds is 5. The molecule has 0 aromatic carbocycles. The number of aliphatic carboxylic acids is 1. The molecule has 2 amide bonds. The van der Waals surface area contributed by atoms with Crippen LogP contribution in [0.25, 0.3) is 0 Å². The molecule has 20 heavy (non-hydrogen) atoms. The maximum Gasteiger partial charge on any atom is 0.328 e. The molecule has 0 bridgehead atoms. The first kappa shape index (κ1) is 16.7. The van der Waals surface area contributed by atoms with Gasteiger partial charge in [0, 0.05) is 19.6 Å². The number of carbonyl (C=O) groups is 2. The number of urea groups is 1. The van der Waals surface area contributed by atoms with Crippen molar-refractivity contribution in [2.45, 2.75) is 31.9 Å². The normalized spacial score (nSPS) is 19.8. The zero-order valence-electron chi connectivity index (χ0n) is 12.4. The fourth-order valence-electron chi connectivity index (χ4n) is 2.45. The van der Waals surface area contributed by atoms with Crippen LogP contribution >= 0.6 is 0 Å². The van der Waals surface area contributed by atoms with Crippen molar-refractivity contribution in [2.75, 3.05) is 33.7 Å². The minimum Gasteiger partial charge on any atom is -0.480 e. The summed E-state index contributed by atoms with van der Waals surface area (Å²) in [5.41, 5.74) is 0. The molecule has 3 N–H and O–H groups in total. The Morgan fingerprint density at radius 2 is 1.90 bits per heavy atom. The number of hydrogen-bond donors (Lipinski definition) is 3. The van der Waals surface area contributed by atoms with Gasteiger partial charge in [-0.25, -0.2) is 9.59 Å². The molecule has 0 saturated carbocycles. The predicted molar refractivity (Wildman–Crippen MR) is 74.5 cm³/mol. The van der Waals surface area contributed by atoms with Crippen LogP contribution in [0, 0.1) is 5.92 Å². The van der Waals surface area contributed by atoms with Crippen molar-refractivity contribution in [1.82, 2.24) is 15.1 Å². The van der Waals surface area contributed by atoms with E-state index in [0.29, 0.717) is 19.0 Å². The standard InChI is InChI=1S/C13H25N3O4/c1-9(17)11(12(18)19)14-13(20)16-6-4-10(5-7-16)8-15(2)3/h9-11,17H,4-8H2,1-3H3,(H,14,20)(H,18,19). The van der Waals surface area contributed by atoms with Gasteiger partial charge in [0.1, 0.15) is 0 Å². The Morgan fingerprint density at radius 1 is 1.35 bits per heavy atom. The van der Waals surface area contributed by atoms with Gasteiger partial charge in [-0.3, -0.25) is 0 Å². The summed E-state index contributed by atoms with van der Waals surface area (Å²) in [5, 5.41) is 20.7. The van der Waals surface area contributed by atoms with Gasteiger partial charge < -0.3 is 25.3 Å². The summed E-state index contributed by atoms with van der Waals surface area (Å²) in [5.74, 6) is -0.656. The second-order valence-electron chi connectivity index (χ2n) is 5.70. The summed E-state index contributed by atoms with van der Waals surface area (Å²) in [4.78, 5) is 26.7. The van der Waals surface area contributed by atoms with Gasteiger partial charge >= 0.3 is 12.0 Å². The molecule has 0 aromatic heterocycles. The van der Waals surface area contributed by atoms with Crippen LogP contribution in [0.1, 0.15) is 19.8 Å². The quantitative estimate of drug-likeness (QED) is 0.651. The number of hydrogen-bond acceptors (Lipinski definition) is 4. The van der Waals surface area contributed by atoms with Crippen LogP contribution in [0.3, 0.4) is 0 Å². The SMILES string of the molecule is CC(O)C(NC(=O)N1CCC(CN(C)C)CC1)C(=O)O. The Kier molecular flexibility index (Phi) is 6.22. The lowest BCUT2D eigenvalue weighted by molar-refractivity contribution is -0.141. The van der Waals surface area contributed by atoms with E-state index < -0.39 is 24.1 Å². The molecule has 2 unspecified atom stereocenters. The summed E-state index contributed by atoms with van der Waals surface area (Å²) >= 11 is 0. The first-order valence-corrected chi connectivity index (χ1v) is 6.92. The highest BCUT2D eigenvalue weighted by Crippen LogP contribution is 2.17. The number of likely N-dealkylation sites (tertiary alicyclic amines) is 1. The Bertz CT molecular complexity index is 339. The molecule has 0 aliphatic carbocycles. The van der Waals surface area contributed by atoms with E-state index in [-0.39, 0.29) is 0 Å². The van der Waals surface area contributed by atoms with E-state index in [9.17, 15) is 14.7 Å². The summed E-state index contributed by atoms with van der Waals surface area (Å²) in [6, 6.07) is -1.68. The second kappa shape index (κ2) is 7.44. The Morgan fingerprint density at radius 3 is 2.30 bits per heavy atom. The van der Waals surface area contributed by atoms with Crippen LogP contribution in [0.2, 0.25) is 0 Å². The average molecular weight is 287 g/mol. The minimum absolute atomic E-state index is 0.415. The number of amides is 2. The number of carboxylic acid groups (broad SMARTS) is 1. The van der Waals surface area contributed by atoms with E-state index in [1.165, 1.54) is 6.92 Å². The van der Waals surface area contributed by atoms with Crippen LogP contribution in [0.4, 0.5) is 4.79 Å². The first-order chi connectivity index (χ1) is 9.31. The molecule has 0 spiro atoms. The molecule has 7 heteroatoms. The molecule has 1 aliphatic heterocycles. The van der Waals surface area contributed by atoms with E-state index in [4.69, 9.17) is 5.11 Å². The molecular formula is C13H25N3O4. The number of carbonyl (C=O) groups excluding carboxylic acids is 1. The Balaban J connectivity index is 2.44. The molecular weight excluding hydrogens is 262 g/mol. The number of nitrogens with zero attached hydrogens (tertiary/aromatic N) is 2. The highest BCUT2D eigenvalue weighted by atomic mass is 16.4. The van der Waals surface area contributed by atoms with Gasteiger partial charge in [-0.1, -0.05) is 0 Å². The van der Waals surface area contributed by atoms with Crippen molar-refractivity contribution >= 4 is 12.0 Å². The van der Waals surface area contributed by atoms with Crippen molar-refractivity contribution in [2.24, 2.45) is 5.92 Å². The average Bonchev–Trinajstić information content (AvgIpc) is 2.35. The van der Waals surface area contributed by atoms with E-state index >= 15 is 0 Å². The first-order valence-electron chi connectivity index (χ1n) is 6.92. The summed E-state index contributed by atoms with van der Waals surface area (Å²) in [7, 11) is 4.05. The minimum atomic E-state index is -1.26. The molecule has 1 saturated heterocycles. The third-order valence-electron chi connectivity index (χ3n) is 3.55. The van der Waals surface area contributed by atoms with E-state index in [1.54, 1.807) is 4.90 Å². The summed E-state index contributed by atoms with van der Waals surface area (Å²) < 4.78 is 0. The largest absolute Gasteiger partial charge is 0.480 e. The fraction of sp³-hybridized carbons (Fsp3) is 0.846. The molecule has 0 radical (unpaired) electrons. The van der Waals surface area contributed by atoms with Gasteiger partial charge in [-0.15, -0.1) is 0 Å². The second-order valence-corrected chi connectivity index (χ2v) is 5.70. The highest BCUT2D eigenvalue weighted by Gasteiger charge is 2.29. The van der Waals surface area contributed by atoms with E-state index in [0.717, 1.165) is 19.4 Å². The lowest BCUT2D eigenvalue weighted by Crippen LogP contribution is -2.54. The predicted octanol–water partition coefficient (Wildman–Crippen LogP) is -0.196. The van der Waals surface area contributed by atoms with Gasteiger partial charge in [0.2, 0.25) is 0 Å². The zero-order chi connectivity index (χ0) is 15.3. The van der Waals surface area contributed by atoms with Gasteiger partial charge in [0.05, 0.1) is 6.10 Å². The van der Waals surface area contributed by atoms with Crippen LogP contribution in [-0.4, -0.2) is 77.9 Å². The van der Waals surface area contributed by atoms with Gasteiger partial charge in [-0.2, -0.15) is 0 Å². The van der Waals surface area contributed by atoms with Gasteiger partial charge in [0.25, 0.3) is 0 Å². The molecule has 1 rings (SSSR count). The Hall–Kier alpha value is -1.34. The molecule has 1 fully saturated rings. The van der Waals surface area contributed by atoms with Crippen molar-refractivity contribution in [3.05, 3.63) is 0 Å². The molecule has 0 aromatic rings. The van der Waals surface area contributed by atoms with Crippen LogP contribution in [-0.2, 0) is 4.79 Å². The maximum absolute atomic E-state index is 12.0. The number of aliphatic hydroxyl groups is 1. The number of piperidine rings is 1. The number of aliphatic hydroxyl groups excluding tert-OH is 1. The lowest BCUT2D eigenvalue weighted by atomic mass is 9.96. The van der Waals surface area contributed by atoms with Gasteiger partial charge in [0.15, 0.2) is 6.04 Å². The highest BCUT2D eigenvalue weighted by molar-refractivity contribution is 5.83. The maximum atomic E-state index is 12.0. The monoisotopic (exact) mass is 287 g/mol. The third kappa shape index (κ3) is 4.97. The number of carboxylic acids is 1. The smallest absolute Gasteiger partial charge is 0.328 e. The molecule has 1 heterocycles. The zero-order valence-corrected chi connectivity index (χ0v) is 12.4. The summed E-state index contributed by atoms with van der Waals surface area (Å²) in [6.07, 6.45) is 0.707. The van der Waals surface area contributed by atoms with Crippen molar-refractivity contribution in [3.63, 3.8) is 0 Å². The van der Waals surface area contributed by atoms with Crippen LogP contribution in [0.15, 0.2) is 0 Å². The van der Waals surface area contributed by atoms with E-state index in [1.807, 2.05) is 14.1 Å². The topological polar surface area (TPSA) is 93.1 Å². The molecule has 2 atom stereocenters. The molecule has 7 nitrogen and oxygen atoms in total. The third-order valence-corrected chi connectivity index (χ3v) is 3.55. The van der Waals surface area contributed by atoms with Crippen molar-refractivity contribution in [1.29, 1.82) is 0 Å². The Labute approximate surface area is 119 Å². The van der Waals surface area contributed by atoms with Crippen molar-refractivity contribution in [3.8, 4) is 0 Å². The van der Waals surface area contributed by atoms with Gasteiger partial charge in [-0.05, 0) is 39.8 Å². The summed E-state index contributed by atoms with van der Waals surface area (Å²) in [6.45, 7) is 3.59. The fourth-order valence-corrected chi connectivity index (χ4v) is 2.45. The van der Waals surface area contributed by atoms with Crippen LogP contribution < -0.4 is 5.32 Å². The van der Waals surface area contributed by atoms with E-state index in [2.05, 4.69) is 10.2 Å².